The lowest BCUT2D eigenvalue weighted by molar-refractivity contribution is -0.131. The van der Waals surface area contributed by atoms with Crippen LogP contribution in [0.1, 0.15) is 27.1 Å². The van der Waals surface area contributed by atoms with Crippen molar-refractivity contribution in [1.29, 1.82) is 0 Å². The van der Waals surface area contributed by atoms with Crippen LogP contribution in [0.2, 0.25) is 0 Å². The lowest BCUT2D eigenvalue weighted by Crippen LogP contribution is -2.14. The normalized spacial score (nSPS) is 13.6. The summed E-state index contributed by atoms with van der Waals surface area (Å²) in [5.74, 6) is -2.50. The number of rotatable bonds is 3. The van der Waals surface area contributed by atoms with E-state index in [1.807, 2.05) is 0 Å². The molecular formula is C12H10O6. The highest BCUT2D eigenvalue weighted by Gasteiger charge is 2.26. The summed E-state index contributed by atoms with van der Waals surface area (Å²) in [6.07, 6.45) is 1.16. The Labute approximate surface area is 102 Å². The summed E-state index contributed by atoms with van der Waals surface area (Å²) in [5.41, 5.74) is 0.124. The second-order valence-electron chi connectivity index (χ2n) is 3.66. The molecule has 0 unspecified atom stereocenters. The fraction of sp³-hybridized carbons (Fsp3) is 0.250. The van der Waals surface area contributed by atoms with E-state index < -0.39 is 11.8 Å². The number of carbonyl (C=O) groups excluding carboxylic acids is 2. The summed E-state index contributed by atoms with van der Waals surface area (Å²) in [6.45, 7) is 0.647. The number of aldehydes is 1. The van der Waals surface area contributed by atoms with Crippen LogP contribution in [-0.4, -0.2) is 36.4 Å². The first-order valence-electron chi connectivity index (χ1n) is 5.30. The summed E-state index contributed by atoms with van der Waals surface area (Å²) in [5, 5.41) is 8.72. The molecule has 0 spiro atoms. The van der Waals surface area contributed by atoms with E-state index in [1.165, 1.54) is 12.1 Å². The predicted octanol–water partition coefficient (Wildman–Crippen LogP) is 0.928. The zero-order valence-electron chi connectivity index (χ0n) is 9.34. The minimum absolute atomic E-state index is 0.0319. The van der Waals surface area contributed by atoms with E-state index in [0.717, 1.165) is 0 Å². The highest BCUT2D eigenvalue weighted by atomic mass is 16.5. The monoisotopic (exact) mass is 250 g/mol. The molecule has 0 radical (unpaired) electrons. The first-order valence-corrected chi connectivity index (χ1v) is 5.30. The molecule has 6 heteroatoms. The maximum absolute atomic E-state index is 11.5. The lowest BCUT2D eigenvalue weighted by atomic mass is 10.1. The first kappa shape index (κ1) is 12.1. The van der Waals surface area contributed by atoms with Gasteiger partial charge in [-0.3, -0.25) is 9.59 Å². The number of hydrogen-bond acceptors (Lipinski definition) is 5. The van der Waals surface area contributed by atoms with E-state index in [4.69, 9.17) is 14.6 Å². The third-order valence-corrected chi connectivity index (χ3v) is 2.49. The Hall–Kier alpha value is -2.37. The number of ether oxygens (including phenoxy) is 2. The van der Waals surface area contributed by atoms with Crippen LogP contribution in [0.3, 0.4) is 0 Å². The fourth-order valence-electron chi connectivity index (χ4n) is 1.66. The zero-order valence-corrected chi connectivity index (χ0v) is 9.34. The van der Waals surface area contributed by atoms with E-state index in [2.05, 4.69) is 0 Å². The van der Waals surface area contributed by atoms with Crippen molar-refractivity contribution < 1.29 is 29.0 Å². The second kappa shape index (κ2) is 4.87. The molecule has 0 atom stereocenters. The molecule has 6 nitrogen and oxygen atoms in total. The summed E-state index contributed by atoms with van der Waals surface area (Å²) >= 11 is 0. The summed E-state index contributed by atoms with van der Waals surface area (Å²) in [7, 11) is 0. The Morgan fingerprint density at radius 3 is 2.44 bits per heavy atom. The molecule has 94 valence electrons. The number of benzene rings is 1. The van der Waals surface area contributed by atoms with Gasteiger partial charge in [0.1, 0.15) is 0 Å². The van der Waals surface area contributed by atoms with E-state index in [1.54, 1.807) is 0 Å². The van der Waals surface area contributed by atoms with Gasteiger partial charge in [0.2, 0.25) is 0 Å². The van der Waals surface area contributed by atoms with E-state index >= 15 is 0 Å². The van der Waals surface area contributed by atoms with Gasteiger partial charge in [0, 0.05) is 6.42 Å². The summed E-state index contributed by atoms with van der Waals surface area (Å²) in [6, 6.07) is 2.60. The van der Waals surface area contributed by atoms with Crippen LogP contribution < -0.4 is 9.47 Å². The van der Waals surface area contributed by atoms with Gasteiger partial charge in [0.05, 0.1) is 24.3 Å². The number of aliphatic carboxylic acids is 1. The maximum Gasteiger partial charge on any atom is 0.377 e. The number of carbonyl (C=O) groups is 3. The van der Waals surface area contributed by atoms with Crippen LogP contribution in [0.25, 0.3) is 0 Å². The molecule has 0 aliphatic carbocycles. The van der Waals surface area contributed by atoms with Gasteiger partial charge in [-0.2, -0.15) is 0 Å². The maximum atomic E-state index is 11.5. The van der Waals surface area contributed by atoms with Gasteiger partial charge in [-0.25, -0.2) is 4.79 Å². The molecule has 1 aromatic carbocycles. The predicted molar refractivity (Wildman–Crippen MR) is 59.4 cm³/mol. The molecule has 1 aromatic rings. The lowest BCUT2D eigenvalue weighted by Gasteiger charge is -2.12. The van der Waals surface area contributed by atoms with Gasteiger partial charge in [-0.05, 0) is 12.1 Å². The molecule has 1 N–H and O–H groups in total. The van der Waals surface area contributed by atoms with Crippen molar-refractivity contribution in [2.24, 2.45) is 0 Å². The van der Waals surface area contributed by atoms with Crippen LogP contribution in [0, 0.1) is 0 Å². The number of fused-ring (bicyclic) bond motifs is 1. The van der Waals surface area contributed by atoms with Gasteiger partial charge < -0.3 is 14.6 Å². The summed E-state index contributed by atoms with van der Waals surface area (Å²) in [4.78, 5) is 33.1. The van der Waals surface area contributed by atoms with Crippen molar-refractivity contribution in [2.45, 2.75) is 6.42 Å². The van der Waals surface area contributed by atoms with Crippen LogP contribution in [-0.2, 0) is 4.79 Å². The molecule has 1 aliphatic heterocycles. The quantitative estimate of drug-likeness (QED) is 0.487. The molecule has 0 aromatic heterocycles. The largest absolute Gasteiger partial charge is 0.489 e. The van der Waals surface area contributed by atoms with E-state index in [0.29, 0.717) is 25.9 Å². The van der Waals surface area contributed by atoms with Crippen molar-refractivity contribution in [1.82, 2.24) is 0 Å². The van der Waals surface area contributed by atoms with Crippen molar-refractivity contribution in [3.8, 4) is 11.5 Å². The smallest absolute Gasteiger partial charge is 0.377 e. The molecule has 0 fully saturated rings. The Kier molecular flexibility index (Phi) is 3.27. The number of Topliss-reactive ketones (excluding diaryl/α,β-unsaturated/α-hetero) is 1. The zero-order chi connectivity index (χ0) is 13.1. The topological polar surface area (TPSA) is 89.9 Å². The minimum Gasteiger partial charge on any atom is -0.489 e. The van der Waals surface area contributed by atoms with Crippen molar-refractivity contribution in [3.05, 3.63) is 23.3 Å². The average Bonchev–Trinajstić information content (AvgIpc) is 2.62. The van der Waals surface area contributed by atoms with E-state index in [-0.39, 0.29) is 22.6 Å². The average molecular weight is 250 g/mol. The minimum atomic E-state index is -1.58. The standard InChI is InChI=1S/C12H10O6/c13-6-7-2-3-8(9(14)12(15)16)11-10(7)17-4-1-5-18-11/h2-3,6H,1,4-5H2,(H,15,16). The van der Waals surface area contributed by atoms with Gasteiger partial charge in [-0.15, -0.1) is 0 Å². The Morgan fingerprint density at radius 1 is 1.17 bits per heavy atom. The van der Waals surface area contributed by atoms with Crippen molar-refractivity contribution in [2.75, 3.05) is 13.2 Å². The number of carboxylic acids is 1. The molecule has 2 rings (SSSR count). The molecule has 0 saturated heterocycles. The molecule has 1 heterocycles. The van der Waals surface area contributed by atoms with Crippen LogP contribution in [0.15, 0.2) is 12.1 Å². The molecule has 18 heavy (non-hydrogen) atoms. The second-order valence-corrected chi connectivity index (χ2v) is 3.66. The van der Waals surface area contributed by atoms with Crippen LogP contribution >= 0.6 is 0 Å². The molecule has 0 bridgehead atoms. The highest BCUT2D eigenvalue weighted by molar-refractivity contribution is 6.40. The SMILES string of the molecule is O=Cc1ccc(C(=O)C(=O)O)c2c1OCCCO2. The van der Waals surface area contributed by atoms with Crippen LogP contribution in [0.4, 0.5) is 0 Å². The van der Waals surface area contributed by atoms with Crippen molar-refractivity contribution >= 4 is 18.0 Å². The van der Waals surface area contributed by atoms with Gasteiger partial charge in [-0.1, -0.05) is 0 Å². The Balaban J connectivity index is 2.59. The fourth-order valence-corrected chi connectivity index (χ4v) is 1.66. The highest BCUT2D eigenvalue weighted by Crippen LogP contribution is 2.36. The van der Waals surface area contributed by atoms with E-state index in [9.17, 15) is 14.4 Å². The molecule has 0 amide bonds. The van der Waals surface area contributed by atoms with Gasteiger partial charge >= 0.3 is 5.97 Å². The number of carboxylic acid groups (broad SMARTS) is 1. The molecule has 1 aliphatic rings. The molecular weight excluding hydrogens is 240 g/mol. The van der Waals surface area contributed by atoms with Crippen molar-refractivity contribution in [3.63, 3.8) is 0 Å². The first-order chi connectivity index (χ1) is 8.65. The summed E-state index contributed by atoms with van der Waals surface area (Å²) < 4.78 is 10.7. The van der Waals surface area contributed by atoms with Crippen LogP contribution in [0.5, 0.6) is 11.5 Å². The Bertz CT molecular complexity index is 520. The number of ketones is 1. The third-order valence-electron chi connectivity index (χ3n) is 2.49. The third kappa shape index (κ3) is 2.04. The van der Waals surface area contributed by atoms with Gasteiger partial charge in [0.25, 0.3) is 5.78 Å². The Morgan fingerprint density at radius 2 is 1.83 bits per heavy atom. The van der Waals surface area contributed by atoms with Gasteiger partial charge in [0.15, 0.2) is 17.8 Å². The number of hydrogen-bond donors (Lipinski definition) is 1. The molecule has 0 saturated carbocycles.